The van der Waals surface area contributed by atoms with E-state index in [9.17, 15) is 0 Å². The maximum absolute atomic E-state index is 5.97. The van der Waals surface area contributed by atoms with Crippen LogP contribution < -0.4 is 5.32 Å². The van der Waals surface area contributed by atoms with Crippen molar-refractivity contribution in [3.05, 3.63) is 53.3 Å². The summed E-state index contributed by atoms with van der Waals surface area (Å²) in [6.07, 6.45) is 3.83. The second-order valence-corrected chi connectivity index (χ2v) is 5.50. The molecule has 0 spiro atoms. The van der Waals surface area contributed by atoms with Crippen molar-refractivity contribution in [3.63, 3.8) is 0 Å². The molecule has 3 nitrogen and oxygen atoms in total. The molecule has 1 saturated heterocycles. The SMILES string of the molecule is Clc1ccc(-c2ccncc2CN2CCNCC2)cc1. The van der Waals surface area contributed by atoms with Crippen molar-refractivity contribution in [2.75, 3.05) is 26.2 Å². The first-order valence-corrected chi connectivity index (χ1v) is 7.32. The highest BCUT2D eigenvalue weighted by molar-refractivity contribution is 6.30. The molecule has 0 bridgehead atoms. The van der Waals surface area contributed by atoms with Crippen molar-refractivity contribution in [1.29, 1.82) is 0 Å². The van der Waals surface area contributed by atoms with Gasteiger partial charge in [-0.3, -0.25) is 9.88 Å². The summed E-state index contributed by atoms with van der Waals surface area (Å²) in [5, 5.41) is 4.15. The van der Waals surface area contributed by atoms with E-state index in [0.717, 1.165) is 37.7 Å². The zero-order valence-corrected chi connectivity index (χ0v) is 12.1. The average Bonchev–Trinajstić information content (AvgIpc) is 2.50. The molecule has 0 atom stereocenters. The highest BCUT2D eigenvalue weighted by atomic mass is 35.5. The lowest BCUT2D eigenvalue weighted by atomic mass is 10.0. The van der Waals surface area contributed by atoms with Crippen LogP contribution in [0.5, 0.6) is 0 Å². The molecule has 1 aliphatic heterocycles. The minimum absolute atomic E-state index is 0.770. The lowest BCUT2D eigenvalue weighted by molar-refractivity contribution is 0.233. The largest absolute Gasteiger partial charge is 0.314 e. The smallest absolute Gasteiger partial charge is 0.0406 e. The topological polar surface area (TPSA) is 28.2 Å². The first-order chi connectivity index (χ1) is 9.83. The molecule has 4 heteroatoms. The van der Waals surface area contributed by atoms with Gasteiger partial charge in [-0.05, 0) is 34.9 Å². The van der Waals surface area contributed by atoms with Crippen LogP contribution in [-0.2, 0) is 6.54 Å². The van der Waals surface area contributed by atoms with Gasteiger partial charge in [0.05, 0.1) is 0 Å². The quantitative estimate of drug-likeness (QED) is 0.941. The maximum atomic E-state index is 5.97. The Bertz CT molecular complexity index is 562. The molecule has 0 radical (unpaired) electrons. The van der Waals surface area contributed by atoms with Crippen molar-refractivity contribution in [2.24, 2.45) is 0 Å². The third kappa shape index (κ3) is 3.18. The van der Waals surface area contributed by atoms with Gasteiger partial charge in [0.25, 0.3) is 0 Å². The molecule has 1 N–H and O–H groups in total. The molecule has 0 amide bonds. The summed E-state index contributed by atoms with van der Waals surface area (Å²) < 4.78 is 0. The number of hydrogen-bond donors (Lipinski definition) is 1. The Kier molecular flexibility index (Phi) is 4.31. The molecule has 0 saturated carbocycles. The fourth-order valence-corrected chi connectivity index (χ4v) is 2.70. The molecule has 1 aromatic carbocycles. The molecule has 104 valence electrons. The van der Waals surface area contributed by atoms with Gasteiger partial charge in [0.15, 0.2) is 0 Å². The summed E-state index contributed by atoms with van der Waals surface area (Å²) >= 11 is 5.97. The Labute approximate surface area is 124 Å². The minimum atomic E-state index is 0.770. The van der Waals surface area contributed by atoms with Crippen LogP contribution >= 0.6 is 11.6 Å². The molecule has 2 heterocycles. The number of nitrogens with zero attached hydrogens (tertiary/aromatic N) is 2. The second-order valence-electron chi connectivity index (χ2n) is 5.07. The van der Waals surface area contributed by atoms with Crippen LogP contribution in [0.1, 0.15) is 5.56 Å². The number of benzene rings is 1. The maximum Gasteiger partial charge on any atom is 0.0406 e. The summed E-state index contributed by atoms with van der Waals surface area (Å²) in [5.41, 5.74) is 3.72. The number of piperazine rings is 1. The van der Waals surface area contributed by atoms with Crippen LogP contribution in [-0.4, -0.2) is 36.1 Å². The van der Waals surface area contributed by atoms with Gasteiger partial charge in [-0.15, -0.1) is 0 Å². The molecule has 2 aromatic rings. The number of nitrogens with one attached hydrogen (secondary N) is 1. The first kappa shape index (κ1) is 13.6. The summed E-state index contributed by atoms with van der Waals surface area (Å²) in [6, 6.07) is 10.1. The van der Waals surface area contributed by atoms with Crippen LogP contribution in [0.3, 0.4) is 0 Å². The Balaban J connectivity index is 1.85. The van der Waals surface area contributed by atoms with Gasteiger partial charge in [0.1, 0.15) is 0 Å². The van der Waals surface area contributed by atoms with Gasteiger partial charge in [0, 0.05) is 50.1 Å². The normalized spacial score (nSPS) is 16.2. The van der Waals surface area contributed by atoms with E-state index in [1.54, 1.807) is 0 Å². The Morgan fingerprint density at radius 1 is 1.10 bits per heavy atom. The predicted molar refractivity (Wildman–Crippen MR) is 82.8 cm³/mol. The van der Waals surface area contributed by atoms with Crippen LogP contribution in [0.4, 0.5) is 0 Å². The van der Waals surface area contributed by atoms with E-state index in [1.807, 2.05) is 24.5 Å². The van der Waals surface area contributed by atoms with Crippen molar-refractivity contribution < 1.29 is 0 Å². The molecule has 1 fully saturated rings. The van der Waals surface area contributed by atoms with Crippen LogP contribution in [0.15, 0.2) is 42.7 Å². The summed E-state index contributed by atoms with van der Waals surface area (Å²) in [6.45, 7) is 5.27. The Hall–Kier alpha value is -1.42. The molecule has 1 aromatic heterocycles. The summed E-state index contributed by atoms with van der Waals surface area (Å²) in [5.74, 6) is 0. The van der Waals surface area contributed by atoms with Gasteiger partial charge in [-0.1, -0.05) is 23.7 Å². The van der Waals surface area contributed by atoms with Crippen LogP contribution in [0.2, 0.25) is 5.02 Å². The van der Waals surface area contributed by atoms with Crippen molar-refractivity contribution in [2.45, 2.75) is 6.54 Å². The first-order valence-electron chi connectivity index (χ1n) is 6.95. The highest BCUT2D eigenvalue weighted by Gasteiger charge is 2.13. The zero-order chi connectivity index (χ0) is 13.8. The van der Waals surface area contributed by atoms with Gasteiger partial charge in [0.2, 0.25) is 0 Å². The van der Waals surface area contributed by atoms with Crippen LogP contribution in [0.25, 0.3) is 11.1 Å². The molecule has 0 unspecified atom stereocenters. The highest BCUT2D eigenvalue weighted by Crippen LogP contribution is 2.25. The second kappa shape index (κ2) is 6.35. The minimum Gasteiger partial charge on any atom is -0.314 e. The molecule has 3 rings (SSSR count). The van der Waals surface area contributed by atoms with Gasteiger partial charge < -0.3 is 5.32 Å². The summed E-state index contributed by atoms with van der Waals surface area (Å²) in [4.78, 5) is 6.75. The fraction of sp³-hybridized carbons (Fsp3) is 0.312. The van der Waals surface area contributed by atoms with Gasteiger partial charge >= 0.3 is 0 Å². The molecule has 0 aliphatic carbocycles. The number of pyridine rings is 1. The third-order valence-corrected chi connectivity index (χ3v) is 3.91. The number of hydrogen-bond acceptors (Lipinski definition) is 3. The molecule has 1 aliphatic rings. The predicted octanol–water partition coefficient (Wildman–Crippen LogP) is 2.81. The van der Waals surface area contributed by atoms with E-state index in [-0.39, 0.29) is 0 Å². The van der Waals surface area contributed by atoms with Gasteiger partial charge in [-0.2, -0.15) is 0 Å². The van der Waals surface area contributed by atoms with Gasteiger partial charge in [-0.25, -0.2) is 0 Å². The lowest BCUT2D eigenvalue weighted by Crippen LogP contribution is -2.42. The number of halogens is 1. The van der Waals surface area contributed by atoms with Crippen molar-refractivity contribution in [3.8, 4) is 11.1 Å². The van der Waals surface area contributed by atoms with E-state index in [4.69, 9.17) is 11.6 Å². The van der Waals surface area contributed by atoms with E-state index in [1.165, 1.54) is 16.7 Å². The third-order valence-electron chi connectivity index (χ3n) is 3.66. The molecular formula is C16H18ClN3. The van der Waals surface area contributed by atoms with Crippen LogP contribution in [0, 0.1) is 0 Å². The summed E-state index contributed by atoms with van der Waals surface area (Å²) in [7, 11) is 0. The zero-order valence-electron chi connectivity index (χ0n) is 11.3. The van der Waals surface area contributed by atoms with E-state index in [2.05, 4.69) is 33.4 Å². The molecule has 20 heavy (non-hydrogen) atoms. The average molecular weight is 288 g/mol. The standard InChI is InChI=1S/C16H18ClN3/c17-15-3-1-13(2-4-15)16-5-6-19-11-14(16)12-20-9-7-18-8-10-20/h1-6,11,18H,7-10,12H2. The van der Waals surface area contributed by atoms with E-state index in [0.29, 0.717) is 0 Å². The van der Waals surface area contributed by atoms with Crippen molar-refractivity contribution >= 4 is 11.6 Å². The number of aromatic nitrogens is 1. The van der Waals surface area contributed by atoms with E-state index >= 15 is 0 Å². The Morgan fingerprint density at radius 2 is 1.85 bits per heavy atom. The van der Waals surface area contributed by atoms with E-state index < -0.39 is 0 Å². The number of rotatable bonds is 3. The molecular weight excluding hydrogens is 270 g/mol. The Morgan fingerprint density at radius 3 is 2.60 bits per heavy atom. The monoisotopic (exact) mass is 287 g/mol. The van der Waals surface area contributed by atoms with Crippen molar-refractivity contribution in [1.82, 2.24) is 15.2 Å². The fourth-order valence-electron chi connectivity index (χ4n) is 2.57. The lowest BCUT2D eigenvalue weighted by Gasteiger charge is -2.27.